The van der Waals surface area contributed by atoms with Gasteiger partial charge in [0.15, 0.2) is 0 Å². The van der Waals surface area contributed by atoms with E-state index in [1.54, 1.807) is 0 Å². The molecular weight excluding hydrogens is 280 g/mol. The number of hydrogen-bond donors (Lipinski definition) is 1. The Morgan fingerprint density at radius 1 is 1.00 bits per heavy atom. The Morgan fingerprint density at radius 2 is 1.86 bits per heavy atom. The molecule has 0 unspecified atom stereocenters. The summed E-state index contributed by atoms with van der Waals surface area (Å²) in [6.45, 7) is 1.82. The fourth-order valence-corrected chi connectivity index (χ4v) is 2.58. The Morgan fingerprint density at radius 3 is 2.71 bits per heavy atom. The van der Waals surface area contributed by atoms with Crippen LogP contribution in [0.15, 0.2) is 60.9 Å². The standard InChI is InChI=1S/C18H17ClN2/c19-17-6-4-14(5-7-17)8-10-20-12-15-2-1-3-16-13-21-11-9-18(15)16/h1-7,9,11,13,20H,8,10,12H2. The van der Waals surface area contributed by atoms with E-state index >= 15 is 0 Å². The van der Waals surface area contributed by atoms with E-state index in [1.165, 1.54) is 21.9 Å². The lowest BCUT2D eigenvalue weighted by Crippen LogP contribution is -2.16. The number of nitrogens with zero attached hydrogens (tertiary/aromatic N) is 1. The maximum absolute atomic E-state index is 5.89. The first kappa shape index (κ1) is 14.1. The van der Waals surface area contributed by atoms with Crippen LogP contribution in [0.5, 0.6) is 0 Å². The summed E-state index contributed by atoms with van der Waals surface area (Å²) in [5.74, 6) is 0. The van der Waals surface area contributed by atoms with E-state index in [2.05, 4.69) is 46.7 Å². The molecule has 0 radical (unpaired) electrons. The Bertz CT molecular complexity index is 717. The molecular formula is C18H17ClN2. The van der Waals surface area contributed by atoms with Crippen molar-refractivity contribution in [1.29, 1.82) is 0 Å². The van der Waals surface area contributed by atoms with Crippen molar-refractivity contribution in [2.45, 2.75) is 13.0 Å². The summed E-state index contributed by atoms with van der Waals surface area (Å²) in [5, 5.41) is 6.75. The third kappa shape index (κ3) is 3.60. The van der Waals surface area contributed by atoms with Gasteiger partial charge in [-0.25, -0.2) is 0 Å². The minimum atomic E-state index is 0.788. The predicted octanol–water partition coefficient (Wildman–Crippen LogP) is 4.22. The lowest BCUT2D eigenvalue weighted by molar-refractivity contribution is 0.690. The molecule has 3 rings (SSSR count). The van der Waals surface area contributed by atoms with Crippen molar-refractivity contribution in [3.8, 4) is 0 Å². The van der Waals surface area contributed by atoms with Crippen LogP contribution < -0.4 is 5.32 Å². The second-order valence-corrected chi connectivity index (χ2v) is 5.50. The summed E-state index contributed by atoms with van der Waals surface area (Å²) in [4.78, 5) is 4.17. The van der Waals surface area contributed by atoms with Crippen LogP contribution in [-0.2, 0) is 13.0 Å². The summed E-state index contributed by atoms with van der Waals surface area (Å²) in [6.07, 6.45) is 4.76. The van der Waals surface area contributed by atoms with E-state index in [4.69, 9.17) is 11.6 Å². The number of pyridine rings is 1. The Kier molecular flexibility index (Phi) is 4.49. The molecule has 0 aliphatic carbocycles. The smallest absolute Gasteiger partial charge is 0.0406 e. The molecule has 106 valence electrons. The van der Waals surface area contributed by atoms with E-state index in [0.717, 1.165) is 24.5 Å². The number of nitrogens with one attached hydrogen (secondary N) is 1. The van der Waals surface area contributed by atoms with E-state index in [9.17, 15) is 0 Å². The molecule has 0 atom stereocenters. The van der Waals surface area contributed by atoms with Gasteiger partial charge in [0.05, 0.1) is 0 Å². The van der Waals surface area contributed by atoms with E-state index in [-0.39, 0.29) is 0 Å². The Hall–Kier alpha value is -1.90. The first-order chi connectivity index (χ1) is 10.3. The van der Waals surface area contributed by atoms with Crippen LogP contribution in [0.3, 0.4) is 0 Å². The number of aromatic nitrogens is 1. The maximum Gasteiger partial charge on any atom is 0.0406 e. The van der Waals surface area contributed by atoms with Crippen LogP contribution in [0.1, 0.15) is 11.1 Å². The van der Waals surface area contributed by atoms with Gasteiger partial charge >= 0.3 is 0 Å². The minimum absolute atomic E-state index is 0.788. The SMILES string of the molecule is Clc1ccc(CCNCc2cccc3cnccc23)cc1. The summed E-state index contributed by atoms with van der Waals surface area (Å²) in [7, 11) is 0. The number of benzene rings is 2. The molecule has 0 saturated carbocycles. The van der Waals surface area contributed by atoms with Gasteiger partial charge in [-0.15, -0.1) is 0 Å². The molecule has 0 aliphatic heterocycles. The number of halogens is 1. The highest BCUT2D eigenvalue weighted by Crippen LogP contribution is 2.17. The molecule has 0 amide bonds. The molecule has 0 fully saturated rings. The highest BCUT2D eigenvalue weighted by molar-refractivity contribution is 6.30. The third-order valence-corrected chi connectivity index (χ3v) is 3.84. The van der Waals surface area contributed by atoms with Gasteiger partial charge in [0.2, 0.25) is 0 Å². The van der Waals surface area contributed by atoms with Gasteiger partial charge in [-0.1, -0.05) is 41.9 Å². The van der Waals surface area contributed by atoms with E-state index < -0.39 is 0 Å². The van der Waals surface area contributed by atoms with E-state index in [1.807, 2.05) is 24.5 Å². The molecule has 2 aromatic carbocycles. The summed E-state index contributed by atoms with van der Waals surface area (Å²) >= 11 is 5.89. The van der Waals surface area contributed by atoms with Crippen molar-refractivity contribution in [3.05, 3.63) is 77.1 Å². The first-order valence-corrected chi connectivity index (χ1v) is 7.47. The first-order valence-electron chi connectivity index (χ1n) is 7.10. The molecule has 1 heterocycles. The van der Waals surface area contributed by atoms with Gasteiger partial charge in [0, 0.05) is 29.3 Å². The van der Waals surface area contributed by atoms with Crippen molar-refractivity contribution < 1.29 is 0 Å². The molecule has 0 spiro atoms. The van der Waals surface area contributed by atoms with Crippen LogP contribution >= 0.6 is 11.6 Å². The molecule has 3 aromatic rings. The summed E-state index contributed by atoms with van der Waals surface area (Å²) in [6, 6.07) is 16.5. The lowest BCUT2D eigenvalue weighted by atomic mass is 10.1. The summed E-state index contributed by atoms with van der Waals surface area (Å²) in [5.41, 5.74) is 2.61. The zero-order valence-corrected chi connectivity index (χ0v) is 12.5. The highest BCUT2D eigenvalue weighted by atomic mass is 35.5. The zero-order chi connectivity index (χ0) is 14.5. The average molecular weight is 297 g/mol. The quantitative estimate of drug-likeness (QED) is 0.713. The number of rotatable bonds is 5. The van der Waals surface area contributed by atoms with Crippen LogP contribution in [0.2, 0.25) is 5.02 Å². The largest absolute Gasteiger partial charge is 0.312 e. The third-order valence-electron chi connectivity index (χ3n) is 3.59. The number of hydrogen-bond acceptors (Lipinski definition) is 2. The maximum atomic E-state index is 5.89. The van der Waals surface area contributed by atoms with Crippen molar-refractivity contribution in [2.75, 3.05) is 6.54 Å². The van der Waals surface area contributed by atoms with Gasteiger partial charge in [-0.3, -0.25) is 4.98 Å². The average Bonchev–Trinajstić information content (AvgIpc) is 2.53. The van der Waals surface area contributed by atoms with Gasteiger partial charge in [-0.05, 0) is 47.7 Å². The molecule has 1 N–H and O–H groups in total. The Balaban J connectivity index is 1.58. The van der Waals surface area contributed by atoms with Gasteiger partial charge in [-0.2, -0.15) is 0 Å². The monoisotopic (exact) mass is 296 g/mol. The molecule has 3 heteroatoms. The fraction of sp³-hybridized carbons (Fsp3) is 0.167. The molecule has 1 aromatic heterocycles. The topological polar surface area (TPSA) is 24.9 Å². The Labute approximate surface area is 129 Å². The van der Waals surface area contributed by atoms with Crippen molar-refractivity contribution in [2.24, 2.45) is 0 Å². The number of fused-ring (bicyclic) bond motifs is 1. The zero-order valence-electron chi connectivity index (χ0n) is 11.7. The second-order valence-electron chi connectivity index (χ2n) is 5.07. The van der Waals surface area contributed by atoms with Gasteiger partial charge < -0.3 is 5.32 Å². The fourth-order valence-electron chi connectivity index (χ4n) is 2.45. The molecule has 0 aliphatic rings. The predicted molar refractivity (Wildman–Crippen MR) is 88.6 cm³/mol. The summed E-state index contributed by atoms with van der Waals surface area (Å²) < 4.78 is 0. The normalized spacial score (nSPS) is 10.9. The van der Waals surface area contributed by atoms with Crippen molar-refractivity contribution in [3.63, 3.8) is 0 Å². The van der Waals surface area contributed by atoms with Crippen molar-refractivity contribution in [1.82, 2.24) is 10.3 Å². The van der Waals surface area contributed by atoms with Crippen molar-refractivity contribution >= 4 is 22.4 Å². The molecule has 21 heavy (non-hydrogen) atoms. The minimum Gasteiger partial charge on any atom is -0.312 e. The van der Waals surface area contributed by atoms with Crippen LogP contribution in [0.4, 0.5) is 0 Å². The van der Waals surface area contributed by atoms with Crippen LogP contribution in [-0.4, -0.2) is 11.5 Å². The van der Waals surface area contributed by atoms with Crippen LogP contribution in [0, 0.1) is 0 Å². The van der Waals surface area contributed by atoms with E-state index in [0.29, 0.717) is 0 Å². The second kappa shape index (κ2) is 6.70. The lowest BCUT2D eigenvalue weighted by Gasteiger charge is -2.08. The molecule has 2 nitrogen and oxygen atoms in total. The molecule has 0 saturated heterocycles. The van der Waals surface area contributed by atoms with Gasteiger partial charge in [0.25, 0.3) is 0 Å². The molecule has 0 bridgehead atoms. The van der Waals surface area contributed by atoms with Crippen LogP contribution in [0.25, 0.3) is 10.8 Å². The highest BCUT2D eigenvalue weighted by Gasteiger charge is 2.00. The van der Waals surface area contributed by atoms with Gasteiger partial charge in [0.1, 0.15) is 0 Å².